The quantitative estimate of drug-likeness (QED) is 0.926. The van der Waals surface area contributed by atoms with Crippen LogP contribution in [0.3, 0.4) is 0 Å². The molecular formula is C15H23N3O2S. The number of nitrogens with zero attached hydrogens (tertiary/aromatic N) is 2. The highest BCUT2D eigenvalue weighted by Crippen LogP contribution is 2.25. The third-order valence-corrected chi connectivity index (χ3v) is 4.90. The fraction of sp³-hybridized carbons (Fsp3) is 0.533. The molecule has 1 aromatic carbocycles. The third-order valence-electron chi connectivity index (χ3n) is 3.83. The Labute approximate surface area is 130 Å². The van der Waals surface area contributed by atoms with Crippen molar-refractivity contribution in [3.05, 3.63) is 24.3 Å². The Morgan fingerprint density at radius 3 is 2.48 bits per heavy atom. The standard InChI is InChI=1S/C15H23N3O2S/c1-17(2)13-9-18(10-14(13)21-4)15(19)16-11-5-7-12(20-3)8-6-11/h5-8,13-14H,9-10H2,1-4H3,(H,16,19)/t13-,14+/m0/s1. The monoisotopic (exact) mass is 309 g/mol. The smallest absolute Gasteiger partial charge is 0.321 e. The van der Waals surface area contributed by atoms with Gasteiger partial charge >= 0.3 is 6.03 Å². The van der Waals surface area contributed by atoms with Gasteiger partial charge < -0.3 is 19.9 Å². The van der Waals surface area contributed by atoms with Crippen LogP contribution in [0, 0.1) is 0 Å². The first-order valence-electron chi connectivity index (χ1n) is 6.94. The molecule has 1 aliphatic heterocycles. The van der Waals surface area contributed by atoms with Gasteiger partial charge in [0, 0.05) is 30.1 Å². The minimum atomic E-state index is -0.0384. The van der Waals surface area contributed by atoms with Crippen molar-refractivity contribution < 1.29 is 9.53 Å². The first kappa shape index (κ1) is 16.0. The molecule has 1 N–H and O–H groups in total. The first-order chi connectivity index (χ1) is 10.0. The van der Waals surface area contributed by atoms with Crippen LogP contribution in [0.15, 0.2) is 24.3 Å². The number of carbonyl (C=O) groups excluding carboxylic acids is 1. The number of carbonyl (C=O) groups is 1. The van der Waals surface area contributed by atoms with Gasteiger partial charge in [0.2, 0.25) is 0 Å². The van der Waals surface area contributed by atoms with Crippen molar-refractivity contribution in [1.29, 1.82) is 0 Å². The lowest BCUT2D eigenvalue weighted by molar-refractivity contribution is 0.216. The number of amides is 2. The van der Waals surface area contributed by atoms with E-state index in [9.17, 15) is 4.79 Å². The number of urea groups is 1. The lowest BCUT2D eigenvalue weighted by Gasteiger charge is -2.23. The summed E-state index contributed by atoms with van der Waals surface area (Å²) in [5.41, 5.74) is 0.787. The second-order valence-corrected chi connectivity index (χ2v) is 6.45. The largest absolute Gasteiger partial charge is 0.497 e. The Balaban J connectivity index is 1.97. The average molecular weight is 309 g/mol. The van der Waals surface area contributed by atoms with Crippen LogP contribution >= 0.6 is 11.8 Å². The molecule has 0 aliphatic carbocycles. The van der Waals surface area contributed by atoms with Crippen molar-refractivity contribution in [2.24, 2.45) is 0 Å². The normalized spacial score (nSPS) is 21.7. The molecule has 5 nitrogen and oxygen atoms in total. The van der Waals surface area contributed by atoms with E-state index in [1.807, 2.05) is 40.9 Å². The molecule has 2 atom stereocenters. The van der Waals surface area contributed by atoms with Crippen LogP contribution in [-0.4, -0.2) is 67.7 Å². The van der Waals surface area contributed by atoms with E-state index in [1.165, 1.54) is 0 Å². The number of nitrogens with one attached hydrogen (secondary N) is 1. The van der Waals surface area contributed by atoms with E-state index >= 15 is 0 Å². The molecule has 1 aliphatic rings. The van der Waals surface area contributed by atoms with E-state index in [0.29, 0.717) is 11.3 Å². The zero-order chi connectivity index (χ0) is 15.4. The van der Waals surface area contributed by atoms with Crippen molar-refractivity contribution in [3.8, 4) is 5.75 Å². The van der Waals surface area contributed by atoms with Gasteiger partial charge in [0.1, 0.15) is 5.75 Å². The second kappa shape index (κ2) is 7.04. The number of ether oxygens (including phenoxy) is 1. The van der Waals surface area contributed by atoms with Crippen molar-refractivity contribution in [1.82, 2.24) is 9.80 Å². The number of benzene rings is 1. The van der Waals surface area contributed by atoms with Gasteiger partial charge in [-0.3, -0.25) is 0 Å². The van der Waals surface area contributed by atoms with Gasteiger partial charge in [0.05, 0.1) is 7.11 Å². The van der Waals surface area contributed by atoms with Crippen LogP contribution < -0.4 is 10.1 Å². The molecule has 0 bridgehead atoms. The molecule has 2 rings (SSSR count). The van der Waals surface area contributed by atoms with Crippen molar-refractivity contribution in [3.63, 3.8) is 0 Å². The molecule has 1 aromatic rings. The molecule has 2 amide bonds. The minimum Gasteiger partial charge on any atom is -0.497 e. The molecule has 0 saturated carbocycles. The SMILES string of the molecule is COc1ccc(NC(=O)N2C[C@@H](SC)[C@@H](N(C)C)C2)cc1. The molecule has 0 aromatic heterocycles. The van der Waals surface area contributed by atoms with Crippen LogP contribution in [0.5, 0.6) is 5.75 Å². The highest BCUT2D eigenvalue weighted by molar-refractivity contribution is 7.99. The molecule has 0 spiro atoms. The van der Waals surface area contributed by atoms with Gasteiger partial charge in [0.15, 0.2) is 0 Å². The Kier molecular flexibility index (Phi) is 5.36. The van der Waals surface area contributed by atoms with Crippen LogP contribution in [0.2, 0.25) is 0 Å². The van der Waals surface area contributed by atoms with Crippen molar-refractivity contribution in [2.75, 3.05) is 45.9 Å². The second-order valence-electron chi connectivity index (χ2n) is 5.37. The molecule has 21 heavy (non-hydrogen) atoms. The highest BCUT2D eigenvalue weighted by atomic mass is 32.2. The average Bonchev–Trinajstić information content (AvgIpc) is 2.92. The van der Waals surface area contributed by atoms with Gasteiger partial charge in [-0.2, -0.15) is 11.8 Å². The van der Waals surface area contributed by atoms with Crippen molar-refractivity contribution >= 4 is 23.5 Å². The maximum Gasteiger partial charge on any atom is 0.321 e. The number of methoxy groups -OCH3 is 1. The topological polar surface area (TPSA) is 44.8 Å². The predicted octanol–water partition coefficient (Wildman–Crippen LogP) is 2.20. The number of likely N-dealkylation sites (N-methyl/N-ethyl adjacent to an activating group) is 1. The summed E-state index contributed by atoms with van der Waals surface area (Å²) in [7, 11) is 5.76. The van der Waals surface area contributed by atoms with Gasteiger partial charge in [-0.15, -0.1) is 0 Å². The Morgan fingerprint density at radius 1 is 1.33 bits per heavy atom. The van der Waals surface area contributed by atoms with Gasteiger partial charge in [-0.25, -0.2) is 4.79 Å². The Hall–Kier alpha value is -1.40. The van der Waals surface area contributed by atoms with Crippen molar-refractivity contribution in [2.45, 2.75) is 11.3 Å². The maximum atomic E-state index is 12.4. The fourth-order valence-corrected chi connectivity index (χ4v) is 3.50. The third kappa shape index (κ3) is 3.83. The summed E-state index contributed by atoms with van der Waals surface area (Å²) in [6.45, 7) is 1.55. The summed E-state index contributed by atoms with van der Waals surface area (Å²) in [6, 6.07) is 7.75. The molecule has 116 valence electrons. The van der Waals surface area contributed by atoms with Gasteiger partial charge in [-0.05, 0) is 44.6 Å². The van der Waals surface area contributed by atoms with E-state index in [0.717, 1.165) is 24.5 Å². The molecule has 0 radical (unpaired) electrons. The number of hydrogen-bond donors (Lipinski definition) is 1. The lowest BCUT2D eigenvalue weighted by atomic mass is 10.2. The maximum absolute atomic E-state index is 12.4. The molecular weight excluding hydrogens is 286 g/mol. The zero-order valence-electron chi connectivity index (χ0n) is 13.0. The summed E-state index contributed by atoms with van der Waals surface area (Å²) in [5.74, 6) is 0.782. The van der Waals surface area contributed by atoms with E-state index in [1.54, 1.807) is 7.11 Å². The lowest BCUT2D eigenvalue weighted by Crippen LogP contribution is -2.38. The molecule has 1 heterocycles. The van der Waals surface area contributed by atoms with E-state index in [2.05, 4.69) is 30.6 Å². The molecule has 1 saturated heterocycles. The molecule has 6 heteroatoms. The summed E-state index contributed by atoms with van der Waals surface area (Å²) >= 11 is 1.82. The van der Waals surface area contributed by atoms with Crippen LogP contribution in [0.25, 0.3) is 0 Å². The Bertz CT molecular complexity index is 478. The zero-order valence-corrected chi connectivity index (χ0v) is 13.8. The van der Waals surface area contributed by atoms with Gasteiger partial charge in [0.25, 0.3) is 0 Å². The fourth-order valence-electron chi connectivity index (χ4n) is 2.53. The van der Waals surface area contributed by atoms with Crippen LogP contribution in [-0.2, 0) is 0 Å². The number of hydrogen-bond acceptors (Lipinski definition) is 4. The van der Waals surface area contributed by atoms with Crippen LogP contribution in [0.4, 0.5) is 10.5 Å². The van der Waals surface area contributed by atoms with E-state index in [4.69, 9.17) is 4.74 Å². The number of anilines is 1. The molecule has 0 unspecified atom stereocenters. The number of thioether (sulfide) groups is 1. The number of rotatable bonds is 4. The first-order valence-corrected chi connectivity index (χ1v) is 8.23. The molecule has 1 fully saturated rings. The highest BCUT2D eigenvalue weighted by Gasteiger charge is 2.35. The number of likely N-dealkylation sites (tertiary alicyclic amines) is 1. The van der Waals surface area contributed by atoms with E-state index in [-0.39, 0.29) is 6.03 Å². The summed E-state index contributed by atoms with van der Waals surface area (Å²) in [6.07, 6.45) is 2.10. The van der Waals surface area contributed by atoms with Crippen LogP contribution in [0.1, 0.15) is 0 Å². The minimum absolute atomic E-state index is 0.0384. The summed E-state index contributed by atoms with van der Waals surface area (Å²) in [5, 5.41) is 3.40. The predicted molar refractivity (Wildman–Crippen MR) is 88.4 cm³/mol. The van der Waals surface area contributed by atoms with Gasteiger partial charge in [-0.1, -0.05) is 0 Å². The summed E-state index contributed by atoms with van der Waals surface area (Å²) < 4.78 is 5.11. The Morgan fingerprint density at radius 2 is 2.00 bits per heavy atom. The van der Waals surface area contributed by atoms with E-state index < -0.39 is 0 Å². The summed E-state index contributed by atoms with van der Waals surface area (Å²) in [4.78, 5) is 16.4.